The lowest BCUT2D eigenvalue weighted by Crippen LogP contribution is -2.23. The maximum atomic E-state index is 10.8. The molecule has 0 aliphatic rings. The zero-order valence-electron chi connectivity index (χ0n) is 24.2. The van der Waals surface area contributed by atoms with E-state index in [1.54, 1.807) is 12.1 Å². The highest BCUT2D eigenvalue weighted by Crippen LogP contribution is 2.34. The lowest BCUT2D eigenvalue weighted by atomic mass is 9.95. The second kappa shape index (κ2) is 9.44. The van der Waals surface area contributed by atoms with Gasteiger partial charge in [0.15, 0.2) is 0 Å². The molecule has 0 aliphatic carbocycles. The third-order valence-electron chi connectivity index (χ3n) is 7.37. The molecule has 0 atom stereocenters. The summed E-state index contributed by atoms with van der Waals surface area (Å²) >= 11 is 0. The first-order valence-corrected chi connectivity index (χ1v) is 13.7. The minimum atomic E-state index is -0.205. The minimum absolute atomic E-state index is 0.183. The van der Waals surface area contributed by atoms with Gasteiger partial charge in [0.05, 0.1) is 22.1 Å². The van der Waals surface area contributed by atoms with E-state index in [2.05, 4.69) is 74.3 Å². The van der Waals surface area contributed by atoms with Gasteiger partial charge in [-0.15, -0.1) is 10.2 Å². The second-order valence-electron chi connectivity index (χ2n) is 12.6. The molecule has 0 spiro atoms. The van der Waals surface area contributed by atoms with Crippen LogP contribution in [0.4, 0.5) is 0 Å². The summed E-state index contributed by atoms with van der Waals surface area (Å²) in [6.07, 6.45) is 0.368. The molecule has 6 aromatic rings. The number of hydrogen-bond acceptors (Lipinski definition) is 6. The van der Waals surface area contributed by atoms with Crippen LogP contribution in [0.15, 0.2) is 72.8 Å². The Hall–Kier alpha value is -4.72. The van der Waals surface area contributed by atoms with Crippen molar-refractivity contribution in [2.75, 3.05) is 0 Å². The van der Waals surface area contributed by atoms with E-state index in [-0.39, 0.29) is 22.6 Å². The summed E-state index contributed by atoms with van der Waals surface area (Å²) in [7, 11) is 0. The molecule has 0 amide bonds. The summed E-state index contributed by atoms with van der Waals surface area (Å²) in [6, 6.07) is 23.3. The van der Waals surface area contributed by atoms with Crippen LogP contribution in [0.5, 0.6) is 11.5 Å². The molecule has 0 bridgehead atoms. The third-order valence-corrected chi connectivity index (χ3v) is 7.37. The number of aromatic hydroxyl groups is 2. The number of rotatable bonds is 4. The molecular weight excluding hydrogens is 512 g/mol. The fraction of sp³-hybridized carbons (Fsp3) is 0.273. The Kier molecular flexibility index (Phi) is 6.10. The van der Waals surface area contributed by atoms with Gasteiger partial charge < -0.3 is 10.2 Å². The Morgan fingerprint density at radius 1 is 0.537 bits per heavy atom. The highest BCUT2D eigenvalue weighted by Gasteiger charge is 2.20. The van der Waals surface area contributed by atoms with Crippen LogP contribution in [0, 0.1) is 0 Å². The van der Waals surface area contributed by atoms with Crippen molar-refractivity contribution in [3.05, 3.63) is 83.9 Å². The van der Waals surface area contributed by atoms with Crippen LogP contribution >= 0.6 is 0 Å². The molecule has 0 aliphatic heterocycles. The number of aromatic nitrogens is 6. The smallest absolute Gasteiger partial charge is 0.119 e. The SMILES string of the molecule is CC(C)(C)n1nnc2ccc(-c3ccc(O)c(Cc4cc(-c5ccc6nnn(C(C)(C)C)c6c5)ccc4O)c3)cc21. The predicted octanol–water partition coefficient (Wildman–Crippen LogP) is 7.02. The Morgan fingerprint density at radius 2 is 0.902 bits per heavy atom. The topological polar surface area (TPSA) is 102 Å². The fourth-order valence-electron chi connectivity index (χ4n) is 5.21. The van der Waals surface area contributed by atoms with Crippen molar-refractivity contribution < 1.29 is 10.2 Å². The number of nitrogens with zero attached hydrogens (tertiary/aromatic N) is 6. The molecular formula is C33H34N6O2. The lowest BCUT2D eigenvalue weighted by Gasteiger charge is -2.19. The minimum Gasteiger partial charge on any atom is -0.508 e. The van der Waals surface area contributed by atoms with Crippen LogP contribution in [-0.4, -0.2) is 40.2 Å². The van der Waals surface area contributed by atoms with Crippen LogP contribution in [-0.2, 0) is 17.5 Å². The summed E-state index contributed by atoms with van der Waals surface area (Å²) in [5.41, 5.74) is 8.55. The number of benzene rings is 4. The molecule has 2 aromatic heterocycles. The van der Waals surface area contributed by atoms with Gasteiger partial charge in [-0.2, -0.15) is 0 Å². The van der Waals surface area contributed by atoms with Gasteiger partial charge in [-0.1, -0.05) is 34.7 Å². The standard InChI is InChI=1S/C33H34N6O2/c1-32(2,3)38-28-18-22(7-11-26(28)34-36-38)20-9-13-30(40)24(15-20)17-25-16-21(10-14-31(25)41)23-8-12-27-29(19-23)39(37-35-27)33(4,5)6/h7-16,18-19,40-41H,17H2,1-6H3. The summed E-state index contributed by atoms with van der Waals surface area (Å²) in [4.78, 5) is 0. The zero-order chi connectivity index (χ0) is 29.1. The molecule has 2 heterocycles. The molecule has 0 unspecified atom stereocenters. The van der Waals surface area contributed by atoms with Crippen LogP contribution in [0.3, 0.4) is 0 Å². The average Bonchev–Trinajstić information content (AvgIpc) is 3.55. The van der Waals surface area contributed by atoms with Crippen molar-refractivity contribution in [2.45, 2.75) is 59.0 Å². The van der Waals surface area contributed by atoms with E-state index in [1.807, 2.05) is 57.9 Å². The number of fused-ring (bicyclic) bond motifs is 2. The first-order valence-electron chi connectivity index (χ1n) is 13.7. The molecule has 0 saturated heterocycles. The normalized spacial score (nSPS) is 12.4. The lowest BCUT2D eigenvalue weighted by molar-refractivity contribution is 0.358. The second-order valence-corrected chi connectivity index (χ2v) is 12.6. The molecule has 8 heteroatoms. The molecule has 0 saturated carbocycles. The Labute approximate surface area is 238 Å². The first-order chi connectivity index (χ1) is 19.4. The monoisotopic (exact) mass is 546 g/mol. The van der Waals surface area contributed by atoms with Crippen LogP contribution < -0.4 is 0 Å². The number of phenols is 2. The first kappa shape index (κ1) is 26.5. The summed E-state index contributed by atoms with van der Waals surface area (Å²) < 4.78 is 3.86. The van der Waals surface area contributed by atoms with Gasteiger partial charge in [-0.3, -0.25) is 0 Å². The third kappa shape index (κ3) is 4.90. The van der Waals surface area contributed by atoms with Crippen LogP contribution in [0.1, 0.15) is 52.7 Å². The Balaban J connectivity index is 1.36. The van der Waals surface area contributed by atoms with E-state index in [4.69, 9.17) is 0 Å². The highest BCUT2D eigenvalue weighted by atomic mass is 16.3. The summed E-state index contributed by atoms with van der Waals surface area (Å²) in [5, 5.41) is 38.9. The molecule has 4 aromatic carbocycles. The van der Waals surface area contributed by atoms with Crippen LogP contribution in [0.2, 0.25) is 0 Å². The van der Waals surface area contributed by atoms with Gasteiger partial charge in [0.25, 0.3) is 0 Å². The molecule has 0 radical (unpaired) electrons. The van der Waals surface area contributed by atoms with Gasteiger partial charge in [0, 0.05) is 6.42 Å². The number of hydrogen-bond donors (Lipinski definition) is 2. The van der Waals surface area contributed by atoms with Gasteiger partial charge in [0.2, 0.25) is 0 Å². The fourth-order valence-corrected chi connectivity index (χ4v) is 5.21. The van der Waals surface area contributed by atoms with Crippen molar-refractivity contribution in [3.63, 3.8) is 0 Å². The molecule has 0 fully saturated rings. The van der Waals surface area contributed by atoms with E-state index in [0.717, 1.165) is 55.4 Å². The molecule has 8 nitrogen and oxygen atoms in total. The van der Waals surface area contributed by atoms with Crippen LogP contribution in [0.25, 0.3) is 44.3 Å². The van der Waals surface area contributed by atoms with Gasteiger partial charge >= 0.3 is 0 Å². The number of phenolic OH excluding ortho intramolecular Hbond substituents is 2. The quantitative estimate of drug-likeness (QED) is 0.246. The maximum absolute atomic E-state index is 10.8. The van der Waals surface area contributed by atoms with Gasteiger partial charge in [0.1, 0.15) is 22.5 Å². The van der Waals surface area contributed by atoms with E-state index < -0.39 is 0 Å². The van der Waals surface area contributed by atoms with Crippen molar-refractivity contribution in [2.24, 2.45) is 0 Å². The van der Waals surface area contributed by atoms with E-state index in [1.165, 1.54) is 0 Å². The van der Waals surface area contributed by atoms with Gasteiger partial charge in [-0.05, 0) is 123 Å². The maximum Gasteiger partial charge on any atom is 0.119 e. The summed E-state index contributed by atoms with van der Waals surface area (Å²) in [6.45, 7) is 12.6. The van der Waals surface area contributed by atoms with Crippen molar-refractivity contribution in [1.29, 1.82) is 0 Å². The zero-order valence-corrected chi connectivity index (χ0v) is 24.2. The van der Waals surface area contributed by atoms with Crippen molar-refractivity contribution >= 4 is 22.1 Å². The van der Waals surface area contributed by atoms with E-state index in [0.29, 0.717) is 6.42 Å². The Bertz CT molecular complexity index is 1780. The van der Waals surface area contributed by atoms with Gasteiger partial charge in [-0.25, -0.2) is 9.36 Å². The van der Waals surface area contributed by atoms with Crippen molar-refractivity contribution in [3.8, 4) is 33.8 Å². The predicted molar refractivity (Wildman–Crippen MR) is 162 cm³/mol. The summed E-state index contributed by atoms with van der Waals surface area (Å²) in [5.74, 6) is 0.366. The molecule has 41 heavy (non-hydrogen) atoms. The van der Waals surface area contributed by atoms with E-state index >= 15 is 0 Å². The average molecular weight is 547 g/mol. The molecule has 208 valence electrons. The largest absolute Gasteiger partial charge is 0.508 e. The van der Waals surface area contributed by atoms with Crippen molar-refractivity contribution in [1.82, 2.24) is 30.0 Å². The Morgan fingerprint density at radius 3 is 1.29 bits per heavy atom. The molecule has 2 N–H and O–H groups in total. The molecule has 6 rings (SSSR count). The van der Waals surface area contributed by atoms with E-state index in [9.17, 15) is 10.2 Å². The highest BCUT2D eigenvalue weighted by molar-refractivity contribution is 5.83.